The number of nitrogens with zero attached hydrogens (tertiary/aromatic N) is 4. The van der Waals surface area contributed by atoms with Crippen LogP contribution in [0, 0.1) is 5.92 Å². The van der Waals surface area contributed by atoms with Crippen LogP contribution in [0.15, 0.2) is 43.0 Å². The average Bonchev–Trinajstić information content (AvgIpc) is 2.99. The molecule has 3 unspecified atom stereocenters. The largest absolute Gasteiger partial charge is 0.382 e. The zero-order valence-electron chi connectivity index (χ0n) is 17.6. The molecular formula is C22H26N6O3. The lowest BCUT2D eigenvalue weighted by molar-refractivity contribution is -0.203. The lowest BCUT2D eigenvalue weighted by Gasteiger charge is -2.25. The summed E-state index contributed by atoms with van der Waals surface area (Å²) in [5, 5.41) is 3.57. The molecule has 1 aromatic carbocycles. The number of benzene rings is 1. The molecule has 0 bridgehead atoms. The van der Waals surface area contributed by atoms with Crippen molar-refractivity contribution in [2.45, 2.75) is 56.6 Å². The smallest absolute Gasteiger partial charge is 0.167 e. The Kier molecular flexibility index (Phi) is 4.13. The fraction of sp³-hybridized carbons (Fsp3) is 0.500. The summed E-state index contributed by atoms with van der Waals surface area (Å²) in [7, 11) is 0. The second-order valence-electron chi connectivity index (χ2n) is 9.08. The number of nitrogens with two attached hydrogens (primary N) is 1. The minimum atomic E-state index is -0.667. The number of fused-ring (bicyclic) bond motifs is 3. The first kappa shape index (κ1) is 19.1. The molecule has 3 fully saturated rings. The van der Waals surface area contributed by atoms with Gasteiger partial charge in [-0.1, -0.05) is 30.3 Å². The van der Waals surface area contributed by atoms with E-state index in [4.69, 9.17) is 19.9 Å². The second kappa shape index (κ2) is 6.70. The highest BCUT2D eigenvalue weighted by Crippen LogP contribution is 2.62. The molecule has 3 N–H and O–H groups in total. The quantitative estimate of drug-likeness (QED) is 0.643. The van der Waals surface area contributed by atoms with Crippen molar-refractivity contribution in [1.29, 1.82) is 0 Å². The summed E-state index contributed by atoms with van der Waals surface area (Å²) in [5.41, 5.74) is 8.08. The van der Waals surface area contributed by atoms with Crippen molar-refractivity contribution in [1.82, 2.24) is 24.8 Å². The van der Waals surface area contributed by atoms with Crippen molar-refractivity contribution in [3.05, 3.63) is 48.5 Å². The number of hydrogen-bond donors (Lipinski definition) is 2. The van der Waals surface area contributed by atoms with Gasteiger partial charge in [-0.25, -0.2) is 15.0 Å². The molecule has 2 aromatic heterocycles. The molecule has 6 rings (SSSR count). The molecule has 0 radical (unpaired) electrons. The van der Waals surface area contributed by atoms with E-state index >= 15 is 0 Å². The number of nitrogen functional groups attached to an aromatic ring is 1. The number of aromatic nitrogens is 4. The van der Waals surface area contributed by atoms with Crippen LogP contribution in [0.25, 0.3) is 11.2 Å². The predicted octanol–water partition coefficient (Wildman–Crippen LogP) is 2.01. The molecule has 5 atom stereocenters. The van der Waals surface area contributed by atoms with E-state index in [0.717, 1.165) is 19.5 Å². The van der Waals surface area contributed by atoms with Gasteiger partial charge in [0.05, 0.1) is 6.33 Å². The molecule has 3 aliphatic rings. The summed E-state index contributed by atoms with van der Waals surface area (Å²) in [6.45, 7) is 5.59. The van der Waals surface area contributed by atoms with Gasteiger partial charge >= 0.3 is 0 Å². The third kappa shape index (κ3) is 3.03. The molecule has 162 valence electrons. The molecule has 3 aromatic rings. The Hall–Kier alpha value is -2.59. The Morgan fingerprint density at radius 1 is 1.13 bits per heavy atom. The number of ether oxygens (including phenoxy) is 3. The molecule has 1 aliphatic carbocycles. The SMILES string of the molecule is CC1(C)OC2C(n3cnc4c(N)ncnc43)O[C@]3(C[C@@H]3CNCc3ccccc3)C2O1. The maximum atomic E-state index is 6.66. The highest BCUT2D eigenvalue weighted by molar-refractivity contribution is 5.81. The summed E-state index contributed by atoms with van der Waals surface area (Å²) in [5.74, 6) is 0.0337. The van der Waals surface area contributed by atoms with E-state index in [9.17, 15) is 0 Å². The Bertz CT molecular complexity index is 1120. The average molecular weight is 422 g/mol. The van der Waals surface area contributed by atoms with Gasteiger partial charge in [-0.2, -0.15) is 0 Å². The van der Waals surface area contributed by atoms with Crippen LogP contribution in [0.1, 0.15) is 32.1 Å². The van der Waals surface area contributed by atoms with Crippen LogP contribution in [0.2, 0.25) is 0 Å². The van der Waals surface area contributed by atoms with Gasteiger partial charge in [0.25, 0.3) is 0 Å². The summed E-state index contributed by atoms with van der Waals surface area (Å²) in [6.07, 6.45) is 3.30. The summed E-state index contributed by atoms with van der Waals surface area (Å²) in [4.78, 5) is 12.8. The van der Waals surface area contributed by atoms with Gasteiger partial charge in [-0.15, -0.1) is 0 Å². The molecule has 9 heteroatoms. The van der Waals surface area contributed by atoms with Crippen molar-refractivity contribution in [3.8, 4) is 0 Å². The summed E-state index contributed by atoms with van der Waals surface area (Å²) < 4.78 is 21.2. The summed E-state index contributed by atoms with van der Waals surface area (Å²) in [6, 6.07) is 10.4. The lowest BCUT2D eigenvalue weighted by Crippen LogP contribution is -2.35. The van der Waals surface area contributed by atoms with E-state index < -0.39 is 5.79 Å². The van der Waals surface area contributed by atoms with Gasteiger partial charge in [0.2, 0.25) is 0 Å². The Balaban J connectivity index is 1.24. The Labute approximate surface area is 179 Å². The van der Waals surface area contributed by atoms with Crippen LogP contribution in [0.3, 0.4) is 0 Å². The topological polar surface area (TPSA) is 109 Å². The molecule has 2 aliphatic heterocycles. The van der Waals surface area contributed by atoms with E-state index in [-0.39, 0.29) is 24.0 Å². The highest BCUT2D eigenvalue weighted by Gasteiger charge is 2.73. The Morgan fingerprint density at radius 3 is 2.81 bits per heavy atom. The normalized spacial score (nSPS) is 33.2. The van der Waals surface area contributed by atoms with Crippen LogP contribution in [0.4, 0.5) is 5.82 Å². The number of rotatable bonds is 5. The van der Waals surface area contributed by atoms with Crippen molar-refractivity contribution in [3.63, 3.8) is 0 Å². The molecule has 0 amide bonds. The molecule has 31 heavy (non-hydrogen) atoms. The molecule has 2 saturated heterocycles. The van der Waals surface area contributed by atoms with Crippen LogP contribution in [-0.2, 0) is 20.8 Å². The van der Waals surface area contributed by atoms with Crippen molar-refractivity contribution < 1.29 is 14.2 Å². The first-order chi connectivity index (χ1) is 15.0. The van der Waals surface area contributed by atoms with E-state index in [1.54, 1.807) is 6.33 Å². The van der Waals surface area contributed by atoms with Crippen LogP contribution in [-0.4, -0.2) is 49.7 Å². The molecule has 4 heterocycles. The van der Waals surface area contributed by atoms with Crippen LogP contribution >= 0.6 is 0 Å². The van der Waals surface area contributed by atoms with Gasteiger partial charge in [0.1, 0.15) is 29.7 Å². The molecular weight excluding hydrogens is 396 g/mol. The van der Waals surface area contributed by atoms with Gasteiger partial charge < -0.3 is 25.3 Å². The molecule has 1 spiro atoms. The monoisotopic (exact) mass is 422 g/mol. The summed E-state index contributed by atoms with van der Waals surface area (Å²) >= 11 is 0. The number of nitrogens with one attached hydrogen (secondary N) is 1. The van der Waals surface area contributed by atoms with Gasteiger partial charge in [0.15, 0.2) is 23.5 Å². The fourth-order valence-electron chi connectivity index (χ4n) is 5.06. The minimum Gasteiger partial charge on any atom is -0.382 e. The zero-order chi connectivity index (χ0) is 21.2. The number of hydrogen-bond acceptors (Lipinski definition) is 8. The predicted molar refractivity (Wildman–Crippen MR) is 113 cm³/mol. The lowest BCUT2D eigenvalue weighted by atomic mass is 10.1. The van der Waals surface area contributed by atoms with Crippen molar-refractivity contribution in [2.75, 3.05) is 12.3 Å². The van der Waals surface area contributed by atoms with Gasteiger partial charge in [-0.3, -0.25) is 4.57 Å². The standard InChI is InChI=1S/C22H26N6O3/c1-21(2)29-16-17(30-21)22(8-14(22)10-24-9-13-6-4-3-5-7-13)31-20(16)28-12-27-15-18(23)25-11-26-19(15)28/h3-7,11-12,14,16-17,20,24H,8-10H2,1-2H3,(H2,23,25,26)/t14-,16?,17?,20?,22+/m1/s1. The van der Waals surface area contributed by atoms with E-state index in [1.165, 1.54) is 11.9 Å². The van der Waals surface area contributed by atoms with Crippen molar-refractivity contribution >= 4 is 17.0 Å². The molecule has 1 saturated carbocycles. The van der Waals surface area contributed by atoms with Crippen LogP contribution in [0.5, 0.6) is 0 Å². The number of anilines is 1. The minimum absolute atomic E-state index is 0.146. The maximum Gasteiger partial charge on any atom is 0.167 e. The van der Waals surface area contributed by atoms with Crippen molar-refractivity contribution in [2.24, 2.45) is 5.92 Å². The highest BCUT2D eigenvalue weighted by atomic mass is 16.8. The Morgan fingerprint density at radius 2 is 1.97 bits per heavy atom. The molecule has 9 nitrogen and oxygen atoms in total. The third-order valence-electron chi connectivity index (χ3n) is 6.55. The van der Waals surface area contributed by atoms with E-state index in [0.29, 0.717) is 22.9 Å². The van der Waals surface area contributed by atoms with E-state index in [1.807, 2.05) is 24.5 Å². The second-order valence-corrected chi connectivity index (χ2v) is 9.08. The van der Waals surface area contributed by atoms with Gasteiger partial charge in [-0.05, 0) is 25.8 Å². The number of imidazole rings is 1. The zero-order valence-corrected chi connectivity index (χ0v) is 17.6. The van der Waals surface area contributed by atoms with E-state index in [2.05, 4.69) is 44.5 Å². The first-order valence-electron chi connectivity index (χ1n) is 10.7. The maximum absolute atomic E-state index is 6.66. The third-order valence-corrected chi connectivity index (χ3v) is 6.55. The van der Waals surface area contributed by atoms with Gasteiger partial charge in [0, 0.05) is 19.0 Å². The fourth-order valence-corrected chi connectivity index (χ4v) is 5.06. The van der Waals surface area contributed by atoms with Crippen LogP contribution < -0.4 is 11.1 Å². The first-order valence-corrected chi connectivity index (χ1v) is 10.7.